The number of nitrogens with zero attached hydrogens (tertiary/aromatic N) is 1. The van der Waals surface area contributed by atoms with Gasteiger partial charge in [0.15, 0.2) is 0 Å². The predicted molar refractivity (Wildman–Crippen MR) is 94.6 cm³/mol. The van der Waals surface area contributed by atoms with Gasteiger partial charge in [0.1, 0.15) is 0 Å². The lowest BCUT2D eigenvalue weighted by atomic mass is 9.93. The van der Waals surface area contributed by atoms with Crippen LogP contribution in [0.1, 0.15) is 27.2 Å². The van der Waals surface area contributed by atoms with E-state index in [4.69, 9.17) is 5.11 Å². The molecule has 1 aromatic carbocycles. The highest BCUT2D eigenvalue weighted by atomic mass is 79.9. The third-order valence-electron chi connectivity index (χ3n) is 3.59. The minimum atomic E-state index is -1.05. The van der Waals surface area contributed by atoms with Gasteiger partial charge in [0.05, 0.1) is 6.42 Å². The first-order chi connectivity index (χ1) is 11.5. The Morgan fingerprint density at radius 3 is 2.54 bits per heavy atom. The molecule has 0 saturated carbocycles. The number of hydrogen-bond acceptors (Lipinski definition) is 4. The first-order valence-electron chi connectivity index (χ1n) is 7.10. The Bertz CT molecular complexity index is 871. The molecule has 24 heavy (non-hydrogen) atoms. The summed E-state index contributed by atoms with van der Waals surface area (Å²) in [5.74, 6) is -1.98. The molecule has 122 valence electrons. The van der Waals surface area contributed by atoms with E-state index in [1.165, 1.54) is 11.3 Å². The molecule has 1 aliphatic heterocycles. The summed E-state index contributed by atoms with van der Waals surface area (Å²) in [7, 11) is 0. The molecule has 1 N–H and O–H groups in total. The summed E-state index contributed by atoms with van der Waals surface area (Å²) in [6, 6.07) is 8.75. The first kappa shape index (κ1) is 16.6. The quantitative estimate of drug-likeness (QED) is 0.623. The summed E-state index contributed by atoms with van der Waals surface area (Å²) in [5.41, 5.74) is 1.37. The standard InChI is InChI=1S/C17H12BrNO4S/c18-10-7-11(24-9-10)8-14-12-3-1-2-4-13(12)16(22)19(17(14)23)6-5-15(20)21/h1-4,7-9H,5-6H2,(H,20,21). The van der Waals surface area contributed by atoms with Crippen molar-refractivity contribution in [1.29, 1.82) is 0 Å². The number of halogens is 1. The van der Waals surface area contributed by atoms with Gasteiger partial charge in [-0.1, -0.05) is 18.2 Å². The van der Waals surface area contributed by atoms with Crippen LogP contribution < -0.4 is 0 Å². The molecule has 0 radical (unpaired) electrons. The maximum absolute atomic E-state index is 12.8. The van der Waals surface area contributed by atoms with Gasteiger partial charge in [0.25, 0.3) is 11.8 Å². The van der Waals surface area contributed by atoms with E-state index in [9.17, 15) is 14.4 Å². The number of hydrogen-bond donors (Lipinski definition) is 1. The van der Waals surface area contributed by atoms with Crippen LogP contribution in [0.5, 0.6) is 0 Å². The summed E-state index contributed by atoms with van der Waals surface area (Å²) >= 11 is 4.84. The van der Waals surface area contributed by atoms with Crippen molar-refractivity contribution in [3.8, 4) is 0 Å². The van der Waals surface area contributed by atoms with Crippen LogP contribution in [0.3, 0.4) is 0 Å². The SMILES string of the molecule is O=C(O)CCN1C(=O)C(=Cc2cc(Br)cs2)c2ccccc2C1=O. The van der Waals surface area contributed by atoms with Gasteiger partial charge in [-0.05, 0) is 39.7 Å². The van der Waals surface area contributed by atoms with Gasteiger partial charge in [0, 0.05) is 32.4 Å². The Hall–Kier alpha value is -2.25. The molecule has 0 aliphatic carbocycles. The molecule has 0 saturated heterocycles. The summed E-state index contributed by atoms with van der Waals surface area (Å²) in [6.45, 7) is -0.146. The molecule has 1 aliphatic rings. The van der Waals surface area contributed by atoms with Crippen LogP contribution in [0.2, 0.25) is 0 Å². The lowest BCUT2D eigenvalue weighted by Gasteiger charge is -2.28. The number of carbonyl (C=O) groups excluding carboxylic acids is 2. The van der Waals surface area contributed by atoms with Crippen LogP contribution in [0.4, 0.5) is 0 Å². The molecule has 2 amide bonds. The maximum atomic E-state index is 12.8. The Kier molecular flexibility index (Phi) is 4.64. The highest BCUT2D eigenvalue weighted by Crippen LogP contribution is 2.32. The molecule has 0 bridgehead atoms. The fraction of sp³-hybridized carbons (Fsp3) is 0.118. The third-order valence-corrected chi connectivity index (χ3v) is 5.23. The van der Waals surface area contributed by atoms with Crippen molar-refractivity contribution in [2.75, 3.05) is 6.54 Å². The normalized spacial score (nSPS) is 15.7. The zero-order valence-corrected chi connectivity index (χ0v) is 14.8. The van der Waals surface area contributed by atoms with Crippen molar-refractivity contribution in [3.05, 3.63) is 56.2 Å². The average molecular weight is 406 g/mol. The van der Waals surface area contributed by atoms with E-state index in [1.807, 2.05) is 11.4 Å². The maximum Gasteiger partial charge on any atom is 0.305 e. The molecule has 0 fully saturated rings. The summed E-state index contributed by atoms with van der Waals surface area (Å²) in [4.78, 5) is 38.0. The van der Waals surface area contributed by atoms with Crippen LogP contribution in [0, 0.1) is 0 Å². The van der Waals surface area contributed by atoms with E-state index in [2.05, 4.69) is 15.9 Å². The second-order valence-electron chi connectivity index (χ2n) is 5.18. The molecule has 0 atom stereocenters. The minimum absolute atomic E-state index is 0.146. The number of imide groups is 1. The smallest absolute Gasteiger partial charge is 0.305 e. The number of fused-ring (bicyclic) bond motifs is 1. The highest BCUT2D eigenvalue weighted by Gasteiger charge is 2.34. The van der Waals surface area contributed by atoms with Crippen molar-refractivity contribution >= 4 is 56.7 Å². The number of carboxylic acids is 1. The molecule has 0 unspecified atom stereocenters. The fourth-order valence-electron chi connectivity index (χ4n) is 2.50. The minimum Gasteiger partial charge on any atom is -0.481 e. The second-order valence-corrected chi connectivity index (χ2v) is 7.04. The van der Waals surface area contributed by atoms with Crippen LogP contribution in [-0.4, -0.2) is 34.3 Å². The Morgan fingerprint density at radius 1 is 1.21 bits per heavy atom. The van der Waals surface area contributed by atoms with Crippen molar-refractivity contribution in [1.82, 2.24) is 4.90 Å². The van der Waals surface area contributed by atoms with E-state index in [0.717, 1.165) is 14.2 Å². The molecule has 2 aromatic rings. The molecular formula is C17H12BrNO4S. The van der Waals surface area contributed by atoms with Gasteiger partial charge < -0.3 is 5.11 Å². The number of benzene rings is 1. The molecule has 3 rings (SSSR count). The van der Waals surface area contributed by atoms with Crippen molar-refractivity contribution in [2.24, 2.45) is 0 Å². The molecule has 0 spiro atoms. The van der Waals surface area contributed by atoms with Gasteiger partial charge in [-0.15, -0.1) is 11.3 Å². The highest BCUT2D eigenvalue weighted by molar-refractivity contribution is 9.10. The molecule has 1 aromatic heterocycles. The number of carbonyl (C=O) groups is 3. The number of carboxylic acid groups (broad SMARTS) is 1. The number of rotatable bonds is 4. The lowest BCUT2D eigenvalue weighted by molar-refractivity contribution is -0.137. The lowest BCUT2D eigenvalue weighted by Crippen LogP contribution is -2.42. The van der Waals surface area contributed by atoms with Crippen LogP contribution in [-0.2, 0) is 9.59 Å². The van der Waals surface area contributed by atoms with E-state index in [-0.39, 0.29) is 13.0 Å². The van der Waals surface area contributed by atoms with E-state index >= 15 is 0 Å². The second kappa shape index (κ2) is 6.70. The van der Waals surface area contributed by atoms with Crippen LogP contribution in [0.15, 0.2) is 40.2 Å². The van der Waals surface area contributed by atoms with Crippen molar-refractivity contribution in [3.63, 3.8) is 0 Å². The molecule has 5 nitrogen and oxygen atoms in total. The van der Waals surface area contributed by atoms with E-state index in [0.29, 0.717) is 16.7 Å². The fourth-order valence-corrected chi connectivity index (χ4v) is 3.88. The van der Waals surface area contributed by atoms with Gasteiger partial charge in [-0.3, -0.25) is 19.3 Å². The third kappa shape index (κ3) is 3.18. The monoisotopic (exact) mass is 405 g/mol. The van der Waals surface area contributed by atoms with Crippen molar-refractivity contribution in [2.45, 2.75) is 6.42 Å². The molecule has 2 heterocycles. The van der Waals surface area contributed by atoms with E-state index in [1.54, 1.807) is 30.3 Å². The molecular weight excluding hydrogens is 394 g/mol. The Balaban J connectivity index is 2.07. The Labute approximate surface area is 150 Å². The van der Waals surface area contributed by atoms with Crippen molar-refractivity contribution < 1.29 is 19.5 Å². The topological polar surface area (TPSA) is 74.7 Å². The molecule has 7 heteroatoms. The largest absolute Gasteiger partial charge is 0.481 e. The Morgan fingerprint density at radius 2 is 1.92 bits per heavy atom. The van der Waals surface area contributed by atoms with Gasteiger partial charge in [-0.2, -0.15) is 0 Å². The number of amides is 2. The van der Waals surface area contributed by atoms with Crippen LogP contribution in [0.25, 0.3) is 11.6 Å². The summed E-state index contributed by atoms with van der Waals surface area (Å²) in [6.07, 6.45) is 1.45. The van der Waals surface area contributed by atoms with Gasteiger partial charge >= 0.3 is 5.97 Å². The van der Waals surface area contributed by atoms with Gasteiger partial charge in [0.2, 0.25) is 0 Å². The zero-order valence-electron chi connectivity index (χ0n) is 12.4. The zero-order chi connectivity index (χ0) is 17.3. The first-order valence-corrected chi connectivity index (χ1v) is 8.78. The predicted octanol–water partition coefficient (Wildman–Crippen LogP) is 3.51. The summed E-state index contributed by atoms with van der Waals surface area (Å²) < 4.78 is 0.912. The average Bonchev–Trinajstić information content (AvgIpc) is 2.96. The van der Waals surface area contributed by atoms with Crippen LogP contribution >= 0.6 is 27.3 Å². The summed E-state index contributed by atoms with van der Waals surface area (Å²) in [5, 5.41) is 10.8. The van der Waals surface area contributed by atoms with E-state index < -0.39 is 17.8 Å². The van der Waals surface area contributed by atoms with Gasteiger partial charge in [-0.25, -0.2) is 0 Å². The number of aliphatic carboxylic acids is 1. The number of thiophene rings is 1.